The predicted octanol–water partition coefficient (Wildman–Crippen LogP) is 3.16. The van der Waals surface area contributed by atoms with E-state index >= 15 is 0 Å². The zero-order valence-corrected chi connectivity index (χ0v) is 9.22. The molecule has 1 heterocycles. The summed E-state index contributed by atoms with van der Waals surface area (Å²) in [7, 11) is 0. The lowest BCUT2D eigenvalue weighted by molar-refractivity contribution is 0.382. The van der Waals surface area contributed by atoms with Gasteiger partial charge in [0, 0.05) is 0 Å². The van der Waals surface area contributed by atoms with Gasteiger partial charge in [-0.05, 0) is 0 Å². The summed E-state index contributed by atoms with van der Waals surface area (Å²) in [5, 5.41) is 2.14. The van der Waals surface area contributed by atoms with Gasteiger partial charge in [0.05, 0.1) is 6.20 Å². The largest absolute Gasteiger partial charge is 0.389 e. The number of nitrogens with two attached hydrogens (primary N) is 1. The maximum Gasteiger partial charge on any atom is 0.200 e. The van der Waals surface area contributed by atoms with Gasteiger partial charge in [-0.1, -0.05) is 11.3 Å². The Balaban J connectivity index is 2.51. The Bertz CT molecular complexity index is 583. The van der Waals surface area contributed by atoms with E-state index in [9.17, 15) is 22.0 Å². The van der Waals surface area contributed by atoms with Crippen molar-refractivity contribution in [3.05, 3.63) is 35.3 Å². The van der Waals surface area contributed by atoms with Crippen LogP contribution in [-0.4, -0.2) is 4.98 Å². The third kappa shape index (κ3) is 1.96. The second kappa shape index (κ2) is 4.41. The molecule has 0 bridgehead atoms. The van der Waals surface area contributed by atoms with E-state index < -0.39 is 34.8 Å². The summed E-state index contributed by atoms with van der Waals surface area (Å²) >= 11 is 0.799. The van der Waals surface area contributed by atoms with Gasteiger partial charge in [-0.15, -0.1) is 0 Å². The number of halogens is 5. The van der Waals surface area contributed by atoms with E-state index in [4.69, 9.17) is 5.73 Å². The highest BCUT2D eigenvalue weighted by molar-refractivity contribution is 7.19. The molecular weight excluding hydrogens is 277 g/mol. The molecule has 0 aliphatic rings. The lowest BCUT2D eigenvalue weighted by Gasteiger charge is -2.08. The van der Waals surface area contributed by atoms with Crippen molar-refractivity contribution in [2.75, 3.05) is 11.1 Å². The summed E-state index contributed by atoms with van der Waals surface area (Å²) < 4.78 is 65.0. The van der Waals surface area contributed by atoms with Gasteiger partial charge in [0.1, 0.15) is 10.7 Å². The molecule has 0 spiro atoms. The summed E-state index contributed by atoms with van der Waals surface area (Å²) in [5.74, 6) is -10.2. The van der Waals surface area contributed by atoms with Crippen LogP contribution in [0.3, 0.4) is 0 Å². The van der Waals surface area contributed by atoms with Crippen LogP contribution in [0.4, 0.5) is 37.8 Å². The predicted molar refractivity (Wildman–Crippen MR) is 56.0 cm³/mol. The number of anilines is 3. The third-order valence-electron chi connectivity index (χ3n) is 1.97. The van der Waals surface area contributed by atoms with Crippen LogP contribution in [-0.2, 0) is 0 Å². The SMILES string of the molecule is Nc1cnc(Nc2c(F)c(F)c(F)c(F)c2F)s1. The molecule has 0 unspecified atom stereocenters. The number of nitrogen functional groups attached to an aromatic ring is 1. The van der Waals surface area contributed by atoms with E-state index in [0.29, 0.717) is 0 Å². The molecule has 0 aliphatic carbocycles. The standard InChI is InChI=1S/C9H4F5N3S/c10-3-4(11)6(13)8(7(14)5(3)12)17-9-16-1-2(15)18-9/h1H,15H2,(H,16,17). The Morgan fingerprint density at radius 2 is 1.44 bits per heavy atom. The second-order valence-electron chi connectivity index (χ2n) is 3.14. The minimum Gasteiger partial charge on any atom is -0.389 e. The van der Waals surface area contributed by atoms with E-state index in [-0.39, 0.29) is 10.1 Å². The number of hydrogen-bond acceptors (Lipinski definition) is 4. The highest BCUT2D eigenvalue weighted by Crippen LogP contribution is 2.31. The fourth-order valence-electron chi connectivity index (χ4n) is 1.17. The molecule has 0 radical (unpaired) electrons. The lowest BCUT2D eigenvalue weighted by Crippen LogP contribution is -2.06. The van der Waals surface area contributed by atoms with Crippen LogP contribution in [0.1, 0.15) is 0 Å². The number of rotatable bonds is 2. The maximum absolute atomic E-state index is 13.3. The Hall–Kier alpha value is -1.90. The maximum atomic E-state index is 13.3. The van der Waals surface area contributed by atoms with Crippen LogP contribution >= 0.6 is 11.3 Å². The van der Waals surface area contributed by atoms with E-state index in [0.717, 1.165) is 11.3 Å². The molecule has 0 saturated heterocycles. The number of benzene rings is 1. The first kappa shape index (κ1) is 12.6. The molecule has 1 aromatic heterocycles. The van der Waals surface area contributed by atoms with Crippen molar-refractivity contribution in [2.24, 2.45) is 0 Å². The average Bonchev–Trinajstić information content (AvgIpc) is 2.75. The van der Waals surface area contributed by atoms with Gasteiger partial charge < -0.3 is 11.1 Å². The van der Waals surface area contributed by atoms with E-state index in [1.165, 1.54) is 6.20 Å². The molecule has 1 aromatic carbocycles. The van der Waals surface area contributed by atoms with Gasteiger partial charge in [0.25, 0.3) is 0 Å². The van der Waals surface area contributed by atoms with E-state index in [1.54, 1.807) is 0 Å². The molecule has 9 heteroatoms. The van der Waals surface area contributed by atoms with Crippen molar-refractivity contribution in [3.63, 3.8) is 0 Å². The molecule has 3 nitrogen and oxygen atoms in total. The minimum absolute atomic E-state index is 0.0873. The van der Waals surface area contributed by atoms with Crippen LogP contribution in [0, 0.1) is 29.1 Å². The van der Waals surface area contributed by atoms with Crippen LogP contribution in [0.5, 0.6) is 0 Å². The molecule has 3 N–H and O–H groups in total. The zero-order chi connectivity index (χ0) is 13.4. The van der Waals surface area contributed by atoms with Crippen molar-refractivity contribution < 1.29 is 22.0 Å². The topological polar surface area (TPSA) is 50.9 Å². The first-order valence-electron chi connectivity index (χ1n) is 4.41. The van der Waals surface area contributed by atoms with Crippen molar-refractivity contribution in [2.45, 2.75) is 0 Å². The van der Waals surface area contributed by atoms with Gasteiger partial charge in [-0.2, -0.15) is 0 Å². The molecule has 0 fully saturated rings. The molecule has 2 rings (SSSR count). The Morgan fingerprint density at radius 1 is 0.944 bits per heavy atom. The normalized spacial score (nSPS) is 10.7. The number of aromatic nitrogens is 1. The van der Waals surface area contributed by atoms with Gasteiger partial charge >= 0.3 is 0 Å². The molecule has 96 valence electrons. The number of nitrogens with zero attached hydrogens (tertiary/aromatic N) is 1. The lowest BCUT2D eigenvalue weighted by atomic mass is 10.2. The average molecular weight is 281 g/mol. The Kier molecular flexibility index (Phi) is 3.07. The van der Waals surface area contributed by atoms with Gasteiger partial charge in [0.15, 0.2) is 28.4 Å². The van der Waals surface area contributed by atoms with Crippen molar-refractivity contribution in [1.82, 2.24) is 4.98 Å². The minimum atomic E-state index is -2.21. The van der Waals surface area contributed by atoms with Crippen molar-refractivity contribution in [3.8, 4) is 0 Å². The Morgan fingerprint density at radius 3 is 1.89 bits per heavy atom. The first-order valence-corrected chi connectivity index (χ1v) is 5.23. The summed E-state index contributed by atoms with van der Waals surface area (Å²) in [6, 6.07) is 0. The number of thiazole rings is 1. The molecule has 2 aromatic rings. The third-order valence-corrected chi connectivity index (χ3v) is 2.71. The van der Waals surface area contributed by atoms with E-state index in [1.807, 2.05) is 5.32 Å². The van der Waals surface area contributed by atoms with Gasteiger partial charge in [-0.3, -0.25) is 0 Å². The number of nitrogens with one attached hydrogen (secondary N) is 1. The first-order chi connectivity index (χ1) is 8.41. The highest BCUT2D eigenvalue weighted by Gasteiger charge is 2.26. The van der Waals surface area contributed by atoms with Gasteiger partial charge in [-0.25, -0.2) is 26.9 Å². The molecule has 0 saturated carbocycles. The summed E-state index contributed by atoms with van der Waals surface area (Å²) in [6.45, 7) is 0. The smallest absolute Gasteiger partial charge is 0.200 e. The van der Waals surface area contributed by atoms with Crippen molar-refractivity contribution in [1.29, 1.82) is 0 Å². The summed E-state index contributed by atoms with van der Waals surface area (Å²) in [4.78, 5) is 3.59. The fourth-order valence-corrected chi connectivity index (χ4v) is 1.75. The van der Waals surface area contributed by atoms with Crippen LogP contribution in [0.25, 0.3) is 0 Å². The zero-order valence-electron chi connectivity index (χ0n) is 8.40. The molecule has 0 amide bonds. The number of hydrogen-bond donors (Lipinski definition) is 2. The van der Waals surface area contributed by atoms with Crippen LogP contribution in [0.15, 0.2) is 6.20 Å². The van der Waals surface area contributed by atoms with Gasteiger partial charge in [0.2, 0.25) is 5.82 Å². The monoisotopic (exact) mass is 281 g/mol. The van der Waals surface area contributed by atoms with Crippen LogP contribution < -0.4 is 11.1 Å². The fraction of sp³-hybridized carbons (Fsp3) is 0. The van der Waals surface area contributed by atoms with Crippen molar-refractivity contribution >= 4 is 27.2 Å². The molecular formula is C9H4F5N3S. The molecule has 0 atom stereocenters. The quantitative estimate of drug-likeness (QED) is 0.505. The second-order valence-corrected chi connectivity index (χ2v) is 4.20. The molecule has 0 aliphatic heterocycles. The summed E-state index contributed by atoms with van der Waals surface area (Å²) in [5.41, 5.74) is 4.15. The van der Waals surface area contributed by atoms with Crippen LogP contribution in [0.2, 0.25) is 0 Å². The Labute approximate surface area is 101 Å². The summed E-state index contributed by atoms with van der Waals surface area (Å²) in [6.07, 6.45) is 1.18. The van der Waals surface area contributed by atoms with E-state index in [2.05, 4.69) is 4.98 Å². The molecule has 18 heavy (non-hydrogen) atoms. The highest BCUT2D eigenvalue weighted by atomic mass is 32.1.